The molecule has 1 aliphatic carbocycles. The van der Waals surface area contributed by atoms with E-state index in [1.165, 1.54) is 26.3 Å². The Morgan fingerprint density at radius 3 is 2.67 bits per heavy atom. The molecule has 11 heteroatoms. The van der Waals surface area contributed by atoms with Gasteiger partial charge in [0.05, 0.1) is 5.56 Å². The van der Waals surface area contributed by atoms with Crippen LogP contribution in [-0.4, -0.2) is 42.0 Å². The summed E-state index contributed by atoms with van der Waals surface area (Å²) in [5.41, 5.74) is 1.25. The van der Waals surface area contributed by atoms with Gasteiger partial charge in [0, 0.05) is 38.4 Å². The van der Waals surface area contributed by atoms with Crippen LogP contribution in [0.3, 0.4) is 0 Å². The van der Waals surface area contributed by atoms with E-state index in [9.17, 15) is 14.4 Å². The normalized spacial score (nSPS) is 12.9. The maximum absolute atomic E-state index is 13.0. The first-order chi connectivity index (χ1) is 17.4. The van der Waals surface area contributed by atoms with E-state index in [0.717, 1.165) is 18.4 Å². The Bertz CT molecular complexity index is 1630. The highest BCUT2D eigenvalue weighted by molar-refractivity contribution is 6.05. The van der Waals surface area contributed by atoms with Crippen molar-refractivity contribution >= 4 is 22.9 Å². The van der Waals surface area contributed by atoms with Crippen molar-refractivity contribution in [2.24, 2.45) is 0 Å². The fraction of sp³-hybridized carbons (Fsp3) is 0.240. The number of anilines is 1. The average molecular weight is 483 g/mol. The number of hydrogen-bond acceptors (Lipinski definition) is 7. The SMILES string of the molecule is C=CCn1c(=O)n(C2CC2)c(=O)c2[nH]c(Cc3ccc(N(C)C(=O)c4ccc(C#N)nc4)nc3)nc21. The van der Waals surface area contributed by atoms with Crippen molar-refractivity contribution in [1.82, 2.24) is 29.1 Å². The van der Waals surface area contributed by atoms with E-state index < -0.39 is 0 Å². The number of aromatic amines is 1. The summed E-state index contributed by atoms with van der Waals surface area (Å²) in [5, 5.41) is 8.87. The van der Waals surface area contributed by atoms with E-state index in [-0.39, 0.29) is 35.4 Å². The van der Waals surface area contributed by atoms with E-state index >= 15 is 0 Å². The largest absolute Gasteiger partial charge is 0.336 e. The van der Waals surface area contributed by atoms with Crippen LogP contribution in [0, 0.1) is 11.3 Å². The van der Waals surface area contributed by atoms with Crippen LogP contribution >= 0.6 is 0 Å². The van der Waals surface area contributed by atoms with Crippen molar-refractivity contribution in [2.45, 2.75) is 31.8 Å². The van der Waals surface area contributed by atoms with Crippen LogP contribution in [0.5, 0.6) is 0 Å². The molecule has 0 unspecified atom stereocenters. The summed E-state index contributed by atoms with van der Waals surface area (Å²) in [6, 6.07) is 8.41. The molecule has 36 heavy (non-hydrogen) atoms. The number of imidazole rings is 1. The summed E-state index contributed by atoms with van der Waals surface area (Å²) in [7, 11) is 1.60. The Morgan fingerprint density at radius 1 is 1.25 bits per heavy atom. The summed E-state index contributed by atoms with van der Waals surface area (Å²) < 4.78 is 2.77. The Labute approximate surface area is 205 Å². The molecule has 4 heterocycles. The predicted octanol–water partition coefficient (Wildman–Crippen LogP) is 1.94. The molecule has 11 nitrogen and oxygen atoms in total. The van der Waals surface area contributed by atoms with Gasteiger partial charge in [-0.15, -0.1) is 6.58 Å². The van der Waals surface area contributed by atoms with Crippen molar-refractivity contribution in [1.29, 1.82) is 5.26 Å². The fourth-order valence-electron chi connectivity index (χ4n) is 4.01. The highest BCUT2D eigenvalue weighted by Gasteiger charge is 2.29. The van der Waals surface area contributed by atoms with Gasteiger partial charge in [-0.1, -0.05) is 12.1 Å². The number of nitriles is 1. The van der Waals surface area contributed by atoms with Crippen molar-refractivity contribution in [3.8, 4) is 6.07 Å². The number of carbonyl (C=O) groups excluding carboxylic acids is 1. The Kier molecular flexibility index (Phi) is 5.77. The molecule has 0 bridgehead atoms. The summed E-state index contributed by atoms with van der Waals surface area (Å²) >= 11 is 0. The van der Waals surface area contributed by atoms with E-state index in [0.29, 0.717) is 34.8 Å². The number of rotatable bonds is 7. The highest BCUT2D eigenvalue weighted by atomic mass is 16.2. The first kappa shape index (κ1) is 22.9. The van der Waals surface area contributed by atoms with E-state index in [1.54, 1.807) is 31.5 Å². The lowest BCUT2D eigenvalue weighted by Crippen LogP contribution is -2.39. The van der Waals surface area contributed by atoms with Gasteiger partial charge in [-0.25, -0.2) is 19.7 Å². The third-order valence-corrected chi connectivity index (χ3v) is 6.04. The minimum Gasteiger partial charge on any atom is -0.336 e. The quantitative estimate of drug-likeness (QED) is 0.397. The second-order valence-electron chi connectivity index (χ2n) is 8.58. The van der Waals surface area contributed by atoms with Crippen LogP contribution in [-0.2, 0) is 13.0 Å². The monoisotopic (exact) mass is 482 g/mol. The van der Waals surface area contributed by atoms with Gasteiger partial charge in [0.25, 0.3) is 11.5 Å². The van der Waals surface area contributed by atoms with Crippen LogP contribution in [0.2, 0.25) is 0 Å². The number of nitrogens with zero attached hydrogens (tertiary/aromatic N) is 7. The molecule has 0 aliphatic heterocycles. The van der Waals surface area contributed by atoms with Crippen molar-refractivity contribution in [3.05, 3.63) is 92.8 Å². The number of nitrogens with one attached hydrogen (secondary N) is 1. The summed E-state index contributed by atoms with van der Waals surface area (Å²) in [6.07, 6.45) is 6.56. The Hall–Kier alpha value is -4.85. The number of hydrogen-bond donors (Lipinski definition) is 1. The molecule has 0 aromatic carbocycles. The van der Waals surface area contributed by atoms with Crippen LogP contribution < -0.4 is 16.1 Å². The minimum absolute atomic E-state index is 0.0614. The summed E-state index contributed by atoms with van der Waals surface area (Å²) in [5.74, 6) is 0.650. The number of allylic oxidation sites excluding steroid dienone is 1. The third kappa shape index (κ3) is 4.09. The lowest BCUT2D eigenvalue weighted by Gasteiger charge is -2.16. The number of H-pyrrole nitrogens is 1. The topological polar surface area (TPSA) is 143 Å². The number of carbonyl (C=O) groups is 1. The lowest BCUT2D eigenvalue weighted by atomic mass is 10.2. The average Bonchev–Trinajstić information content (AvgIpc) is 3.64. The van der Waals surface area contributed by atoms with E-state index in [4.69, 9.17) is 5.26 Å². The van der Waals surface area contributed by atoms with Crippen LogP contribution in [0.4, 0.5) is 5.82 Å². The maximum atomic E-state index is 13.0. The first-order valence-corrected chi connectivity index (χ1v) is 11.3. The smallest absolute Gasteiger partial charge is 0.333 e. The molecular weight excluding hydrogens is 460 g/mol. The van der Waals surface area contributed by atoms with Gasteiger partial charge in [0.1, 0.15) is 28.9 Å². The summed E-state index contributed by atoms with van der Waals surface area (Å²) in [4.78, 5) is 55.9. The molecular formula is C25H22N8O3. The molecule has 1 N–H and O–H groups in total. The number of fused-ring (bicyclic) bond motifs is 1. The van der Waals surface area contributed by atoms with Crippen LogP contribution in [0.1, 0.15) is 46.3 Å². The van der Waals surface area contributed by atoms with E-state index in [2.05, 4.69) is 26.5 Å². The molecule has 0 radical (unpaired) electrons. The van der Waals surface area contributed by atoms with Crippen molar-refractivity contribution < 1.29 is 4.79 Å². The molecule has 0 atom stereocenters. The zero-order chi connectivity index (χ0) is 25.4. The van der Waals surface area contributed by atoms with Crippen molar-refractivity contribution in [2.75, 3.05) is 11.9 Å². The number of aromatic nitrogens is 6. The van der Waals surface area contributed by atoms with Gasteiger partial charge in [0.15, 0.2) is 5.65 Å². The van der Waals surface area contributed by atoms with Crippen LogP contribution in [0.25, 0.3) is 11.2 Å². The number of pyridine rings is 2. The minimum atomic E-state index is -0.371. The second kappa shape index (κ2) is 9.07. The molecule has 0 saturated heterocycles. The van der Waals surface area contributed by atoms with Gasteiger partial charge < -0.3 is 4.98 Å². The molecule has 4 aromatic heterocycles. The standard InChI is InChI=1S/C25H22N8O3/c1-3-10-32-22-21(24(35)33(25(32)36)18-7-8-18)29-19(30-22)11-15-4-9-20(28-13-15)31(2)23(34)16-5-6-17(12-26)27-14-16/h3-6,9,13-14,18H,1,7-8,10-11H2,2H3,(H,29,30). The van der Waals surface area contributed by atoms with Gasteiger partial charge in [-0.05, 0) is 36.6 Å². The zero-order valence-corrected chi connectivity index (χ0v) is 19.5. The first-order valence-electron chi connectivity index (χ1n) is 11.3. The van der Waals surface area contributed by atoms with Crippen LogP contribution in [0.15, 0.2) is 58.9 Å². The molecule has 4 aromatic rings. The van der Waals surface area contributed by atoms with Gasteiger partial charge in [-0.3, -0.25) is 23.6 Å². The highest BCUT2D eigenvalue weighted by Crippen LogP contribution is 2.32. The third-order valence-electron chi connectivity index (χ3n) is 6.04. The Morgan fingerprint density at radius 2 is 2.06 bits per heavy atom. The second-order valence-corrected chi connectivity index (χ2v) is 8.58. The molecule has 5 rings (SSSR count). The van der Waals surface area contributed by atoms with Crippen molar-refractivity contribution in [3.63, 3.8) is 0 Å². The molecule has 1 saturated carbocycles. The van der Waals surface area contributed by atoms with Gasteiger partial charge in [0.2, 0.25) is 0 Å². The molecule has 180 valence electrons. The zero-order valence-electron chi connectivity index (χ0n) is 19.5. The number of amides is 1. The molecule has 0 spiro atoms. The summed E-state index contributed by atoms with van der Waals surface area (Å²) in [6.45, 7) is 3.96. The van der Waals surface area contributed by atoms with Gasteiger partial charge in [-0.2, -0.15) is 5.26 Å². The Balaban J connectivity index is 1.39. The maximum Gasteiger partial charge on any atom is 0.333 e. The molecule has 1 amide bonds. The molecule has 1 fully saturated rings. The lowest BCUT2D eigenvalue weighted by molar-refractivity contribution is 0.0992. The van der Waals surface area contributed by atoms with Gasteiger partial charge >= 0.3 is 5.69 Å². The molecule has 1 aliphatic rings. The predicted molar refractivity (Wildman–Crippen MR) is 132 cm³/mol. The van der Waals surface area contributed by atoms with E-state index in [1.807, 2.05) is 12.1 Å². The fourth-order valence-corrected chi connectivity index (χ4v) is 4.01.